The van der Waals surface area contributed by atoms with Gasteiger partial charge in [0.2, 0.25) is 0 Å². The fourth-order valence-electron chi connectivity index (χ4n) is 1.00. The zero-order valence-electron chi connectivity index (χ0n) is 7.33. The number of hydrogen-bond donors (Lipinski definition) is 1. The minimum atomic E-state index is -1.60. The van der Waals surface area contributed by atoms with Crippen molar-refractivity contribution in [2.45, 2.75) is 6.10 Å². The first-order valence-electron chi connectivity index (χ1n) is 3.77. The number of methoxy groups -OCH3 is 1. The highest BCUT2D eigenvalue weighted by atomic mass is 79.9. The smallest absolute Gasteiger partial charge is 0.339 e. The Labute approximate surface area is 88.6 Å². The predicted octanol–water partition coefficient (Wildman–Crippen LogP) is 1.79. The maximum absolute atomic E-state index is 13.2. The van der Waals surface area contributed by atoms with E-state index in [1.165, 1.54) is 12.1 Å². The molecule has 1 N–H and O–H groups in total. The lowest BCUT2D eigenvalue weighted by Crippen LogP contribution is -2.15. The Bertz CT molecular complexity index is 334. The molecule has 0 saturated carbocycles. The van der Waals surface area contributed by atoms with Crippen molar-refractivity contribution in [2.24, 2.45) is 0 Å². The third kappa shape index (κ3) is 2.10. The van der Waals surface area contributed by atoms with Gasteiger partial charge in [-0.25, -0.2) is 9.18 Å². The highest BCUT2D eigenvalue weighted by molar-refractivity contribution is 9.10. The fourth-order valence-corrected chi connectivity index (χ4v) is 1.56. The Morgan fingerprint density at radius 2 is 2.29 bits per heavy atom. The molecule has 0 spiro atoms. The predicted molar refractivity (Wildman–Crippen MR) is 51.1 cm³/mol. The number of aliphatic hydroxyl groups is 1. The summed E-state index contributed by atoms with van der Waals surface area (Å²) in [6, 6.07) is 4.16. The van der Waals surface area contributed by atoms with Crippen molar-refractivity contribution in [1.82, 2.24) is 0 Å². The molecule has 0 saturated heterocycles. The van der Waals surface area contributed by atoms with E-state index < -0.39 is 17.9 Å². The molecule has 76 valence electrons. The number of benzene rings is 1. The van der Waals surface area contributed by atoms with E-state index in [9.17, 15) is 14.3 Å². The number of carbonyl (C=O) groups excluding carboxylic acids is 1. The van der Waals surface area contributed by atoms with Crippen LogP contribution in [-0.4, -0.2) is 18.2 Å². The van der Waals surface area contributed by atoms with Crippen molar-refractivity contribution in [3.63, 3.8) is 0 Å². The van der Waals surface area contributed by atoms with Crippen LogP contribution in [0.4, 0.5) is 4.39 Å². The Balaban J connectivity index is 3.11. The second kappa shape index (κ2) is 4.52. The Morgan fingerprint density at radius 1 is 1.64 bits per heavy atom. The molecule has 1 aromatic carbocycles. The van der Waals surface area contributed by atoms with Crippen molar-refractivity contribution in [3.05, 3.63) is 34.1 Å². The summed E-state index contributed by atoms with van der Waals surface area (Å²) in [6.45, 7) is 0. The summed E-state index contributed by atoms with van der Waals surface area (Å²) in [4.78, 5) is 11.0. The molecule has 0 heterocycles. The summed E-state index contributed by atoms with van der Waals surface area (Å²) in [6.07, 6.45) is -1.60. The van der Waals surface area contributed by atoms with Crippen molar-refractivity contribution in [2.75, 3.05) is 7.11 Å². The van der Waals surface area contributed by atoms with E-state index in [1.807, 2.05) is 0 Å². The normalized spacial score (nSPS) is 12.3. The van der Waals surface area contributed by atoms with Gasteiger partial charge < -0.3 is 9.84 Å². The average Bonchev–Trinajstić information content (AvgIpc) is 2.16. The molecule has 1 aromatic rings. The van der Waals surface area contributed by atoms with E-state index >= 15 is 0 Å². The van der Waals surface area contributed by atoms with Crippen LogP contribution in [-0.2, 0) is 9.53 Å². The minimum absolute atomic E-state index is 0.112. The molecule has 0 aromatic heterocycles. The number of carbonyl (C=O) groups is 1. The zero-order valence-corrected chi connectivity index (χ0v) is 8.92. The largest absolute Gasteiger partial charge is 0.467 e. The van der Waals surface area contributed by atoms with E-state index in [0.29, 0.717) is 4.47 Å². The molecule has 1 rings (SSSR count). The third-order valence-electron chi connectivity index (χ3n) is 1.70. The first-order valence-corrected chi connectivity index (χ1v) is 4.57. The lowest BCUT2D eigenvalue weighted by Gasteiger charge is -2.11. The molecule has 0 bridgehead atoms. The van der Waals surface area contributed by atoms with Crippen LogP contribution in [0.15, 0.2) is 22.7 Å². The van der Waals surface area contributed by atoms with Gasteiger partial charge in [0.05, 0.1) is 7.11 Å². The maximum Gasteiger partial charge on any atom is 0.339 e. The van der Waals surface area contributed by atoms with Crippen LogP contribution in [0, 0.1) is 5.82 Å². The third-order valence-corrected chi connectivity index (χ3v) is 2.39. The molecule has 0 radical (unpaired) electrons. The second-order valence-electron chi connectivity index (χ2n) is 2.56. The van der Waals surface area contributed by atoms with E-state index in [2.05, 4.69) is 20.7 Å². The molecule has 0 aliphatic heterocycles. The van der Waals surface area contributed by atoms with Gasteiger partial charge in [-0.15, -0.1) is 0 Å². The summed E-state index contributed by atoms with van der Waals surface area (Å²) in [5, 5.41) is 9.41. The van der Waals surface area contributed by atoms with Gasteiger partial charge in [0.1, 0.15) is 5.82 Å². The van der Waals surface area contributed by atoms with Gasteiger partial charge >= 0.3 is 5.97 Å². The summed E-state index contributed by atoms with van der Waals surface area (Å²) in [7, 11) is 1.13. The van der Waals surface area contributed by atoms with Gasteiger partial charge in [-0.05, 0) is 12.1 Å². The molecule has 5 heteroatoms. The van der Waals surface area contributed by atoms with E-state index in [1.54, 1.807) is 0 Å². The summed E-state index contributed by atoms with van der Waals surface area (Å²) in [5.74, 6) is -1.55. The van der Waals surface area contributed by atoms with Crippen molar-refractivity contribution in [3.8, 4) is 0 Å². The van der Waals surface area contributed by atoms with Crippen molar-refractivity contribution < 1.29 is 19.0 Å². The van der Waals surface area contributed by atoms with Crippen molar-refractivity contribution >= 4 is 21.9 Å². The highest BCUT2D eigenvalue weighted by Gasteiger charge is 2.23. The van der Waals surface area contributed by atoms with E-state index in [0.717, 1.165) is 13.2 Å². The SMILES string of the molecule is COC(=O)[C@H](O)c1c(F)cccc1Br. The van der Waals surface area contributed by atoms with Gasteiger partial charge in [0.25, 0.3) is 0 Å². The Kier molecular flexibility index (Phi) is 3.60. The molecule has 3 nitrogen and oxygen atoms in total. The Hall–Kier alpha value is -0.940. The van der Waals surface area contributed by atoms with Crippen LogP contribution >= 0.6 is 15.9 Å². The number of rotatable bonds is 2. The quantitative estimate of drug-likeness (QED) is 0.827. The van der Waals surface area contributed by atoms with Crippen LogP contribution in [0.25, 0.3) is 0 Å². The molecule has 0 aliphatic rings. The lowest BCUT2D eigenvalue weighted by atomic mass is 10.1. The zero-order chi connectivity index (χ0) is 10.7. The molecular weight excluding hydrogens is 255 g/mol. The number of halogens is 2. The lowest BCUT2D eigenvalue weighted by molar-refractivity contribution is -0.150. The summed E-state index contributed by atoms with van der Waals surface area (Å²) in [5.41, 5.74) is -0.112. The first kappa shape index (κ1) is 11.1. The molecule has 14 heavy (non-hydrogen) atoms. The van der Waals surface area contributed by atoms with Gasteiger partial charge in [-0.3, -0.25) is 0 Å². The molecule has 0 aliphatic carbocycles. The minimum Gasteiger partial charge on any atom is -0.467 e. The fraction of sp³-hybridized carbons (Fsp3) is 0.222. The van der Waals surface area contributed by atoms with Gasteiger partial charge in [-0.2, -0.15) is 0 Å². The van der Waals surface area contributed by atoms with Gasteiger partial charge in [0.15, 0.2) is 6.10 Å². The number of hydrogen-bond acceptors (Lipinski definition) is 3. The van der Waals surface area contributed by atoms with Crippen LogP contribution in [0.3, 0.4) is 0 Å². The van der Waals surface area contributed by atoms with E-state index in [4.69, 9.17) is 0 Å². The summed E-state index contributed by atoms with van der Waals surface area (Å²) >= 11 is 3.04. The molecule has 0 unspecified atom stereocenters. The topological polar surface area (TPSA) is 46.5 Å². The van der Waals surface area contributed by atoms with Gasteiger partial charge in [0, 0.05) is 10.0 Å². The summed E-state index contributed by atoms with van der Waals surface area (Å²) < 4.78 is 17.8. The maximum atomic E-state index is 13.2. The first-order chi connectivity index (χ1) is 6.57. The van der Waals surface area contributed by atoms with E-state index in [-0.39, 0.29) is 5.56 Å². The number of aliphatic hydroxyl groups excluding tert-OH is 1. The number of esters is 1. The van der Waals surface area contributed by atoms with Crippen molar-refractivity contribution in [1.29, 1.82) is 0 Å². The van der Waals surface area contributed by atoms with Crippen LogP contribution in [0.5, 0.6) is 0 Å². The molecule has 0 fully saturated rings. The average molecular weight is 263 g/mol. The van der Waals surface area contributed by atoms with Crippen LogP contribution in [0.1, 0.15) is 11.7 Å². The molecular formula is C9H8BrFO3. The molecule has 0 amide bonds. The second-order valence-corrected chi connectivity index (χ2v) is 3.42. The van der Waals surface area contributed by atoms with Crippen LogP contribution in [0.2, 0.25) is 0 Å². The van der Waals surface area contributed by atoms with Gasteiger partial charge in [-0.1, -0.05) is 22.0 Å². The number of ether oxygens (including phenoxy) is 1. The van der Waals surface area contributed by atoms with Crippen LogP contribution < -0.4 is 0 Å². The highest BCUT2D eigenvalue weighted by Crippen LogP contribution is 2.26. The standard InChI is InChI=1S/C9H8BrFO3/c1-14-9(13)8(12)7-5(10)3-2-4-6(7)11/h2-4,8,12H,1H3/t8-/m1/s1. The Morgan fingerprint density at radius 3 is 2.79 bits per heavy atom. The molecule has 1 atom stereocenters. The monoisotopic (exact) mass is 262 g/mol.